The van der Waals surface area contributed by atoms with Gasteiger partial charge in [0.05, 0.1) is 15.7 Å². The molecule has 0 atom stereocenters. The van der Waals surface area contributed by atoms with Crippen molar-refractivity contribution in [2.45, 2.75) is 25.4 Å². The average molecular weight is 317 g/mol. The van der Waals surface area contributed by atoms with Gasteiger partial charge in [0.1, 0.15) is 10.8 Å². The Morgan fingerprint density at radius 2 is 2.11 bits per heavy atom. The molecule has 1 aliphatic carbocycles. The minimum absolute atomic E-state index is 0.0274. The van der Waals surface area contributed by atoms with Crippen molar-refractivity contribution in [2.75, 3.05) is 0 Å². The van der Waals surface area contributed by atoms with Gasteiger partial charge in [-0.1, -0.05) is 23.2 Å². The average Bonchev–Trinajstić information content (AvgIpc) is 3.09. The van der Waals surface area contributed by atoms with Gasteiger partial charge >= 0.3 is 0 Å². The molecule has 1 aromatic heterocycles. The lowest BCUT2D eigenvalue weighted by Crippen LogP contribution is -2.14. The summed E-state index contributed by atoms with van der Waals surface area (Å²) in [4.78, 5) is 4.47. The van der Waals surface area contributed by atoms with Gasteiger partial charge in [0, 0.05) is 23.5 Å². The molecule has 3 rings (SSSR count). The summed E-state index contributed by atoms with van der Waals surface area (Å²) in [5.41, 5.74) is 1.27. The van der Waals surface area contributed by atoms with Gasteiger partial charge < -0.3 is 5.32 Å². The zero-order chi connectivity index (χ0) is 13.4. The molecular formula is C13H11Cl2FN2S. The van der Waals surface area contributed by atoms with Crippen LogP contribution in [0.1, 0.15) is 17.8 Å². The predicted molar refractivity (Wildman–Crippen MR) is 77.4 cm³/mol. The maximum atomic E-state index is 13.5. The second-order valence-corrected chi connectivity index (χ2v) is 6.28. The normalized spacial score (nSPS) is 14.9. The van der Waals surface area contributed by atoms with Crippen LogP contribution in [0.4, 0.5) is 4.39 Å². The summed E-state index contributed by atoms with van der Waals surface area (Å²) in [6.45, 7) is 0.753. The van der Waals surface area contributed by atoms with E-state index in [1.54, 1.807) is 11.3 Å². The second kappa shape index (κ2) is 5.37. The number of halogens is 3. The summed E-state index contributed by atoms with van der Waals surface area (Å²) in [7, 11) is 0. The highest BCUT2D eigenvalue weighted by Crippen LogP contribution is 2.33. The van der Waals surface area contributed by atoms with Gasteiger partial charge in [0.2, 0.25) is 0 Å². The molecule has 1 saturated carbocycles. The fourth-order valence-electron chi connectivity index (χ4n) is 1.75. The molecule has 0 spiro atoms. The van der Waals surface area contributed by atoms with Gasteiger partial charge in [0.15, 0.2) is 0 Å². The summed E-state index contributed by atoms with van der Waals surface area (Å²) < 4.78 is 13.5. The number of aromatic nitrogens is 1. The molecular weight excluding hydrogens is 306 g/mol. The van der Waals surface area contributed by atoms with Gasteiger partial charge in [0.25, 0.3) is 0 Å². The zero-order valence-electron chi connectivity index (χ0n) is 9.92. The largest absolute Gasteiger partial charge is 0.308 e. The van der Waals surface area contributed by atoms with Crippen LogP contribution in [0.3, 0.4) is 0 Å². The van der Waals surface area contributed by atoms with Crippen LogP contribution in [0.2, 0.25) is 10.0 Å². The summed E-state index contributed by atoms with van der Waals surface area (Å²) in [6, 6.07) is 3.39. The number of hydrogen-bond donors (Lipinski definition) is 1. The molecule has 2 nitrogen and oxygen atoms in total. The number of nitrogens with one attached hydrogen (secondary N) is 1. The van der Waals surface area contributed by atoms with Crippen molar-refractivity contribution in [3.05, 3.63) is 38.4 Å². The van der Waals surface area contributed by atoms with Crippen molar-refractivity contribution in [1.29, 1.82) is 0 Å². The predicted octanol–water partition coefficient (Wildman–Crippen LogP) is 4.51. The molecule has 19 heavy (non-hydrogen) atoms. The van der Waals surface area contributed by atoms with Crippen LogP contribution in [0.5, 0.6) is 0 Å². The smallest absolute Gasteiger partial charge is 0.142 e. The number of rotatable bonds is 4. The Bertz CT molecular complexity index is 611. The van der Waals surface area contributed by atoms with Crippen molar-refractivity contribution < 1.29 is 4.39 Å². The third kappa shape index (κ3) is 3.08. The Morgan fingerprint density at radius 1 is 1.32 bits per heavy atom. The van der Waals surface area contributed by atoms with Crippen molar-refractivity contribution in [3.8, 4) is 11.3 Å². The minimum atomic E-state index is -0.480. The molecule has 0 saturated heterocycles. The lowest BCUT2D eigenvalue weighted by molar-refractivity contribution is 0.628. The number of hydrogen-bond acceptors (Lipinski definition) is 3. The van der Waals surface area contributed by atoms with Gasteiger partial charge in [-0.05, 0) is 25.0 Å². The molecule has 0 amide bonds. The maximum absolute atomic E-state index is 13.5. The zero-order valence-corrected chi connectivity index (χ0v) is 12.2. The highest BCUT2D eigenvalue weighted by molar-refractivity contribution is 7.09. The maximum Gasteiger partial charge on any atom is 0.142 e. The fourth-order valence-corrected chi connectivity index (χ4v) is 2.98. The van der Waals surface area contributed by atoms with E-state index in [2.05, 4.69) is 10.3 Å². The third-order valence-electron chi connectivity index (χ3n) is 2.96. The van der Waals surface area contributed by atoms with E-state index in [0.29, 0.717) is 22.3 Å². The Labute approximate surface area is 124 Å². The Kier molecular flexibility index (Phi) is 3.76. The highest BCUT2D eigenvalue weighted by Gasteiger charge is 2.20. The summed E-state index contributed by atoms with van der Waals surface area (Å²) in [5.74, 6) is -0.480. The van der Waals surface area contributed by atoms with E-state index in [1.165, 1.54) is 25.0 Å². The van der Waals surface area contributed by atoms with Crippen LogP contribution in [0.25, 0.3) is 11.3 Å². The Balaban J connectivity index is 1.83. The van der Waals surface area contributed by atoms with Crippen molar-refractivity contribution in [1.82, 2.24) is 10.3 Å². The van der Waals surface area contributed by atoms with E-state index in [9.17, 15) is 4.39 Å². The van der Waals surface area contributed by atoms with Crippen molar-refractivity contribution in [2.24, 2.45) is 0 Å². The standard InChI is InChI=1S/C13H11Cl2FN2S/c14-9-4-10(15)11(16)3-8(9)12-6-19-13(18-12)5-17-7-1-2-7/h3-4,6-7,17H,1-2,5H2. The van der Waals surface area contributed by atoms with Crippen LogP contribution in [-0.4, -0.2) is 11.0 Å². The topological polar surface area (TPSA) is 24.9 Å². The molecule has 0 radical (unpaired) electrons. The lowest BCUT2D eigenvalue weighted by Gasteiger charge is -2.03. The molecule has 1 aliphatic rings. The molecule has 1 N–H and O–H groups in total. The SMILES string of the molecule is Fc1cc(-c2csc(CNC3CC3)n2)c(Cl)cc1Cl. The van der Waals surface area contributed by atoms with Gasteiger partial charge in [-0.15, -0.1) is 11.3 Å². The molecule has 1 aromatic carbocycles. The fraction of sp³-hybridized carbons (Fsp3) is 0.308. The summed E-state index contributed by atoms with van der Waals surface area (Å²) in [6.07, 6.45) is 2.49. The highest BCUT2D eigenvalue weighted by atomic mass is 35.5. The molecule has 100 valence electrons. The molecule has 0 unspecified atom stereocenters. The molecule has 1 heterocycles. The second-order valence-electron chi connectivity index (χ2n) is 4.53. The first-order valence-corrected chi connectivity index (χ1v) is 7.60. The van der Waals surface area contributed by atoms with Crippen LogP contribution >= 0.6 is 34.5 Å². The monoisotopic (exact) mass is 316 g/mol. The Hall–Kier alpha value is -0.680. The number of thiazole rings is 1. The number of benzene rings is 1. The molecule has 6 heteroatoms. The van der Waals surface area contributed by atoms with Crippen LogP contribution in [0, 0.1) is 5.82 Å². The van der Waals surface area contributed by atoms with E-state index in [1.807, 2.05) is 5.38 Å². The van der Waals surface area contributed by atoms with Crippen molar-refractivity contribution >= 4 is 34.5 Å². The van der Waals surface area contributed by atoms with Gasteiger partial charge in [-0.2, -0.15) is 0 Å². The van der Waals surface area contributed by atoms with Gasteiger partial charge in [-0.3, -0.25) is 0 Å². The van der Waals surface area contributed by atoms with Gasteiger partial charge in [-0.25, -0.2) is 9.37 Å². The summed E-state index contributed by atoms with van der Waals surface area (Å²) >= 11 is 13.3. The minimum Gasteiger partial charge on any atom is -0.308 e. The van der Waals surface area contributed by atoms with E-state index >= 15 is 0 Å². The number of nitrogens with zero attached hydrogens (tertiary/aromatic N) is 1. The molecule has 0 aliphatic heterocycles. The van der Waals surface area contributed by atoms with Crippen LogP contribution in [0.15, 0.2) is 17.5 Å². The van der Waals surface area contributed by atoms with E-state index in [0.717, 1.165) is 11.6 Å². The van der Waals surface area contributed by atoms with E-state index < -0.39 is 5.82 Å². The summed E-state index contributed by atoms with van der Waals surface area (Å²) in [5, 5.41) is 6.70. The first kappa shape index (κ1) is 13.3. The quantitative estimate of drug-likeness (QED) is 0.839. The first-order valence-electron chi connectivity index (χ1n) is 5.96. The molecule has 1 fully saturated rings. The van der Waals surface area contributed by atoms with Crippen molar-refractivity contribution in [3.63, 3.8) is 0 Å². The van der Waals surface area contributed by atoms with E-state index in [-0.39, 0.29) is 5.02 Å². The third-order valence-corrected chi connectivity index (χ3v) is 4.41. The first-order chi connectivity index (χ1) is 9.13. The lowest BCUT2D eigenvalue weighted by atomic mass is 10.2. The molecule has 0 bridgehead atoms. The van der Waals surface area contributed by atoms with Crippen LogP contribution < -0.4 is 5.32 Å². The Morgan fingerprint density at radius 3 is 2.84 bits per heavy atom. The van der Waals surface area contributed by atoms with Crippen LogP contribution in [-0.2, 0) is 6.54 Å². The molecule has 2 aromatic rings. The van der Waals surface area contributed by atoms with E-state index in [4.69, 9.17) is 23.2 Å².